The highest BCUT2D eigenvalue weighted by molar-refractivity contribution is 5.93. The Hall–Kier alpha value is -3.28. The first kappa shape index (κ1) is 20.0. The molecule has 0 aliphatic carbocycles. The van der Waals surface area contributed by atoms with Gasteiger partial charge in [0.25, 0.3) is 0 Å². The van der Waals surface area contributed by atoms with E-state index in [-0.39, 0.29) is 18.3 Å². The molecule has 0 fully saturated rings. The number of amides is 1. The lowest BCUT2D eigenvalue weighted by Crippen LogP contribution is -2.14. The minimum atomic E-state index is -0.386. The molecule has 1 N–H and O–H groups in total. The van der Waals surface area contributed by atoms with Crippen molar-refractivity contribution in [1.82, 2.24) is 0 Å². The van der Waals surface area contributed by atoms with Crippen LogP contribution in [0.5, 0.6) is 11.5 Å². The minimum Gasteiger partial charge on any atom is -0.497 e. The van der Waals surface area contributed by atoms with Gasteiger partial charge >= 0.3 is 5.97 Å². The molecule has 0 heterocycles. The Labute approximate surface area is 158 Å². The first-order chi connectivity index (χ1) is 13.0. The predicted molar refractivity (Wildman–Crippen MR) is 104 cm³/mol. The zero-order valence-electron chi connectivity index (χ0n) is 15.7. The van der Waals surface area contributed by atoms with Crippen LogP contribution in [0.3, 0.4) is 0 Å². The second-order valence-corrected chi connectivity index (χ2v) is 5.61. The molecule has 0 aliphatic rings. The van der Waals surface area contributed by atoms with Crippen molar-refractivity contribution < 1.29 is 23.8 Å². The maximum absolute atomic E-state index is 12.3. The van der Waals surface area contributed by atoms with Crippen molar-refractivity contribution in [2.75, 3.05) is 26.1 Å². The van der Waals surface area contributed by atoms with E-state index in [1.165, 1.54) is 6.08 Å². The molecule has 1 amide bonds. The smallest absolute Gasteiger partial charge is 0.330 e. The molecule has 0 saturated heterocycles. The lowest BCUT2D eigenvalue weighted by Gasteiger charge is -2.11. The number of esters is 1. The normalized spacial score (nSPS) is 10.5. The predicted octanol–water partition coefficient (Wildman–Crippen LogP) is 3.46. The molecule has 6 nitrogen and oxygen atoms in total. The molecular weight excluding hydrogens is 346 g/mol. The van der Waals surface area contributed by atoms with Gasteiger partial charge in [0.15, 0.2) is 0 Å². The monoisotopic (exact) mass is 369 g/mol. The molecule has 0 spiro atoms. The lowest BCUT2D eigenvalue weighted by atomic mass is 10.1. The number of hydrogen-bond donors (Lipinski definition) is 1. The van der Waals surface area contributed by atoms with Crippen LogP contribution in [-0.4, -0.2) is 32.7 Å². The van der Waals surface area contributed by atoms with Gasteiger partial charge in [-0.1, -0.05) is 18.2 Å². The number of nitrogens with one attached hydrogen (secondary N) is 1. The van der Waals surface area contributed by atoms with Crippen LogP contribution in [-0.2, 0) is 20.7 Å². The Kier molecular flexibility index (Phi) is 7.43. The second-order valence-electron chi connectivity index (χ2n) is 5.61. The van der Waals surface area contributed by atoms with E-state index in [1.54, 1.807) is 69.7 Å². The van der Waals surface area contributed by atoms with Crippen LogP contribution in [0.4, 0.5) is 5.69 Å². The lowest BCUT2D eigenvalue weighted by molar-refractivity contribution is -0.137. The Morgan fingerprint density at radius 2 is 1.78 bits per heavy atom. The van der Waals surface area contributed by atoms with Gasteiger partial charge in [-0.25, -0.2) is 4.79 Å². The molecule has 0 unspecified atom stereocenters. The molecule has 27 heavy (non-hydrogen) atoms. The van der Waals surface area contributed by atoms with Gasteiger partial charge in [0.1, 0.15) is 11.5 Å². The van der Waals surface area contributed by atoms with E-state index in [1.807, 2.05) is 0 Å². The highest BCUT2D eigenvalue weighted by Crippen LogP contribution is 2.25. The first-order valence-corrected chi connectivity index (χ1v) is 8.51. The van der Waals surface area contributed by atoms with Crippen LogP contribution in [0.25, 0.3) is 6.08 Å². The molecule has 0 radical (unpaired) electrons. The molecule has 2 aromatic carbocycles. The summed E-state index contributed by atoms with van der Waals surface area (Å²) < 4.78 is 15.3. The standard InChI is InChI=1S/C21H23NO5/c1-4-27-21(24)12-7-15-5-9-17(10-6-15)22-20(23)13-16-8-11-18(25-2)14-19(16)26-3/h5-12,14H,4,13H2,1-3H3,(H,22,23)/b12-7+. The number of ether oxygens (including phenoxy) is 3. The Morgan fingerprint density at radius 1 is 1.04 bits per heavy atom. The van der Waals surface area contributed by atoms with Crippen molar-refractivity contribution in [3.8, 4) is 11.5 Å². The van der Waals surface area contributed by atoms with Gasteiger partial charge in [0.05, 0.1) is 27.2 Å². The maximum Gasteiger partial charge on any atom is 0.330 e. The molecule has 2 aromatic rings. The maximum atomic E-state index is 12.3. The fourth-order valence-corrected chi connectivity index (χ4v) is 2.41. The summed E-state index contributed by atoms with van der Waals surface area (Å²) in [5, 5.41) is 2.84. The summed E-state index contributed by atoms with van der Waals surface area (Å²) in [7, 11) is 3.13. The third-order valence-electron chi connectivity index (χ3n) is 3.74. The molecule has 2 rings (SSSR count). The molecular formula is C21H23NO5. The average molecular weight is 369 g/mol. The molecule has 0 aromatic heterocycles. The SMILES string of the molecule is CCOC(=O)/C=C/c1ccc(NC(=O)Cc2ccc(OC)cc2OC)cc1. The van der Waals surface area contributed by atoms with Gasteiger partial charge in [-0.05, 0) is 36.8 Å². The van der Waals surface area contributed by atoms with Crippen LogP contribution in [0.15, 0.2) is 48.5 Å². The van der Waals surface area contributed by atoms with E-state index in [0.717, 1.165) is 11.1 Å². The highest BCUT2D eigenvalue weighted by atomic mass is 16.5. The van der Waals surface area contributed by atoms with Crippen molar-refractivity contribution >= 4 is 23.6 Å². The minimum absolute atomic E-state index is 0.159. The van der Waals surface area contributed by atoms with E-state index < -0.39 is 0 Å². The van der Waals surface area contributed by atoms with Gasteiger partial charge in [0.2, 0.25) is 5.91 Å². The van der Waals surface area contributed by atoms with E-state index in [4.69, 9.17) is 14.2 Å². The molecule has 0 bridgehead atoms. The largest absolute Gasteiger partial charge is 0.497 e. The summed E-state index contributed by atoms with van der Waals surface area (Å²) in [5.74, 6) is 0.725. The van der Waals surface area contributed by atoms with Crippen LogP contribution in [0.1, 0.15) is 18.1 Å². The molecule has 6 heteroatoms. The van der Waals surface area contributed by atoms with Gasteiger partial charge in [0, 0.05) is 23.4 Å². The zero-order chi connectivity index (χ0) is 19.6. The van der Waals surface area contributed by atoms with Crippen molar-refractivity contribution in [2.24, 2.45) is 0 Å². The molecule has 0 atom stereocenters. The second kappa shape index (κ2) is 10.0. The van der Waals surface area contributed by atoms with Crippen molar-refractivity contribution in [2.45, 2.75) is 13.3 Å². The number of methoxy groups -OCH3 is 2. The average Bonchev–Trinajstić information content (AvgIpc) is 2.68. The van der Waals surface area contributed by atoms with E-state index >= 15 is 0 Å². The summed E-state index contributed by atoms with van der Waals surface area (Å²) in [5.41, 5.74) is 2.27. The summed E-state index contributed by atoms with van der Waals surface area (Å²) >= 11 is 0. The van der Waals surface area contributed by atoms with Gasteiger partial charge in [-0.15, -0.1) is 0 Å². The summed E-state index contributed by atoms with van der Waals surface area (Å²) in [6.07, 6.45) is 3.20. The van der Waals surface area contributed by atoms with Crippen molar-refractivity contribution in [3.63, 3.8) is 0 Å². The Bertz CT molecular complexity index is 812. The van der Waals surface area contributed by atoms with Crippen LogP contribution < -0.4 is 14.8 Å². The number of carbonyl (C=O) groups excluding carboxylic acids is 2. The molecule has 0 saturated carbocycles. The Balaban J connectivity index is 1.97. The van der Waals surface area contributed by atoms with E-state index in [2.05, 4.69) is 5.32 Å². The van der Waals surface area contributed by atoms with Crippen LogP contribution in [0.2, 0.25) is 0 Å². The third-order valence-corrected chi connectivity index (χ3v) is 3.74. The van der Waals surface area contributed by atoms with Gasteiger partial charge < -0.3 is 19.5 Å². The zero-order valence-corrected chi connectivity index (χ0v) is 15.7. The topological polar surface area (TPSA) is 73.9 Å². The number of hydrogen-bond acceptors (Lipinski definition) is 5. The molecule has 0 aliphatic heterocycles. The van der Waals surface area contributed by atoms with Crippen LogP contribution >= 0.6 is 0 Å². The third kappa shape index (κ3) is 6.18. The summed E-state index contributed by atoms with van der Waals surface area (Å²) in [4.78, 5) is 23.6. The number of carbonyl (C=O) groups is 2. The fourth-order valence-electron chi connectivity index (χ4n) is 2.41. The Morgan fingerprint density at radius 3 is 2.41 bits per heavy atom. The first-order valence-electron chi connectivity index (χ1n) is 8.51. The van der Waals surface area contributed by atoms with Crippen molar-refractivity contribution in [3.05, 3.63) is 59.7 Å². The highest BCUT2D eigenvalue weighted by Gasteiger charge is 2.10. The van der Waals surface area contributed by atoms with Gasteiger partial charge in [-0.2, -0.15) is 0 Å². The van der Waals surface area contributed by atoms with Crippen molar-refractivity contribution in [1.29, 1.82) is 0 Å². The summed E-state index contributed by atoms with van der Waals surface area (Å²) in [6, 6.07) is 12.5. The van der Waals surface area contributed by atoms with Crippen LogP contribution in [0, 0.1) is 0 Å². The fraction of sp³-hybridized carbons (Fsp3) is 0.238. The number of benzene rings is 2. The summed E-state index contributed by atoms with van der Waals surface area (Å²) in [6.45, 7) is 2.10. The quantitative estimate of drug-likeness (QED) is 0.570. The number of rotatable bonds is 8. The molecule has 142 valence electrons. The van der Waals surface area contributed by atoms with E-state index in [9.17, 15) is 9.59 Å². The number of anilines is 1. The van der Waals surface area contributed by atoms with E-state index in [0.29, 0.717) is 23.8 Å². The van der Waals surface area contributed by atoms with Gasteiger partial charge in [-0.3, -0.25) is 4.79 Å².